The summed E-state index contributed by atoms with van der Waals surface area (Å²) in [6.45, 7) is 11.6. The first kappa shape index (κ1) is 17.0. The molecule has 0 amide bonds. The van der Waals surface area contributed by atoms with E-state index >= 15 is 0 Å². The molecule has 0 aliphatic carbocycles. The van der Waals surface area contributed by atoms with E-state index in [9.17, 15) is 0 Å². The van der Waals surface area contributed by atoms with Crippen molar-refractivity contribution < 1.29 is 0 Å². The second kappa shape index (κ2) is 7.85. The summed E-state index contributed by atoms with van der Waals surface area (Å²) < 4.78 is 0. The molecule has 0 unspecified atom stereocenters. The molecule has 0 fully saturated rings. The van der Waals surface area contributed by atoms with Crippen molar-refractivity contribution in [1.29, 1.82) is 0 Å². The highest BCUT2D eigenvalue weighted by Crippen LogP contribution is 2.27. The minimum atomic E-state index is 0.808. The maximum absolute atomic E-state index is 4.82. The molecule has 5 heteroatoms. The van der Waals surface area contributed by atoms with Gasteiger partial charge in [-0.15, -0.1) is 0 Å². The molecule has 4 bridgehead atoms. The minimum Gasteiger partial charge on any atom is -0.384 e. The highest BCUT2D eigenvalue weighted by Gasteiger charge is 2.16. The van der Waals surface area contributed by atoms with Crippen LogP contribution in [0.15, 0.2) is 72.3 Å². The van der Waals surface area contributed by atoms with Crippen LogP contribution in [0.1, 0.15) is 5.56 Å². The predicted octanol–water partition coefficient (Wildman–Crippen LogP) is 2.56. The second-order valence-electron chi connectivity index (χ2n) is 6.03. The van der Waals surface area contributed by atoms with Gasteiger partial charge in [-0.2, -0.15) is 0 Å². The monoisotopic (exact) mass is 335 g/mol. The molecule has 5 nitrogen and oxygen atoms in total. The average molecular weight is 335 g/mol. The zero-order valence-electron chi connectivity index (χ0n) is 14.7. The van der Waals surface area contributed by atoms with Gasteiger partial charge in [0, 0.05) is 50.7 Å². The molecule has 0 saturated heterocycles. The Balaban J connectivity index is 2.07. The summed E-state index contributed by atoms with van der Waals surface area (Å²) in [4.78, 5) is 6.83. The van der Waals surface area contributed by atoms with Crippen molar-refractivity contribution in [2.24, 2.45) is 4.99 Å². The fourth-order valence-corrected chi connectivity index (χ4v) is 2.85. The topological polar surface area (TPSA) is 51.7 Å². The third kappa shape index (κ3) is 4.00. The first-order chi connectivity index (χ1) is 12.2. The molecular weight excluding hydrogens is 310 g/mol. The SMILES string of the molecule is C=C/C1=C2/N=C(C=CN2C)C(=C)NCCNCCNc2cccc1c2. The summed E-state index contributed by atoms with van der Waals surface area (Å²) in [6, 6.07) is 8.35. The Morgan fingerprint density at radius 2 is 1.96 bits per heavy atom. The van der Waals surface area contributed by atoms with Crippen molar-refractivity contribution in [2.75, 3.05) is 38.5 Å². The molecule has 0 saturated carbocycles. The Hall–Kier alpha value is -2.79. The third-order valence-electron chi connectivity index (χ3n) is 4.22. The van der Waals surface area contributed by atoms with Crippen molar-refractivity contribution >= 4 is 17.0 Å². The standard InChI is InChI=1S/C20H25N5/c1-4-18-16-6-5-7-17(14-16)23-12-10-21-9-11-22-15(2)19-8-13-25(3)20(18)24-19/h4-8,13-14,21-23H,1-2,9-12H2,3H3/b20-18+. The third-order valence-corrected chi connectivity index (χ3v) is 4.22. The summed E-state index contributed by atoms with van der Waals surface area (Å²) in [6.07, 6.45) is 5.84. The molecular formula is C20H25N5. The lowest BCUT2D eigenvalue weighted by atomic mass is 10.0. The molecule has 3 N–H and O–H groups in total. The van der Waals surface area contributed by atoms with E-state index in [-0.39, 0.29) is 0 Å². The largest absolute Gasteiger partial charge is 0.384 e. The van der Waals surface area contributed by atoms with Gasteiger partial charge in [-0.3, -0.25) is 0 Å². The lowest BCUT2D eigenvalue weighted by Gasteiger charge is -2.23. The molecule has 130 valence electrons. The fourth-order valence-electron chi connectivity index (χ4n) is 2.85. The van der Waals surface area contributed by atoms with Gasteiger partial charge >= 0.3 is 0 Å². The Bertz CT molecular complexity index is 757. The molecule has 2 aliphatic heterocycles. The highest BCUT2D eigenvalue weighted by atomic mass is 15.2. The van der Waals surface area contributed by atoms with E-state index in [0.717, 1.165) is 60.2 Å². The number of anilines is 1. The summed E-state index contributed by atoms with van der Waals surface area (Å²) in [7, 11) is 1.99. The number of nitrogens with one attached hydrogen (secondary N) is 3. The number of hydrogen-bond acceptors (Lipinski definition) is 5. The maximum atomic E-state index is 4.82. The molecule has 0 spiro atoms. The van der Waals surface area contributed by atoms with Gasteiger partial charge in [-0.05, 0) is 23.8 Å². The Morgan fingerprint density at radius 1 is 1.16 bits per heavy atom. The fraction of sp³-hybridized carbons (Fsp3) is 0.250. The summed E-state index contributed by atoms with van der Waals surface area (Å²) in [5, 5.41) is 10.2. The van der Waals surface area contributed by atoms with Gasteiger partial charge in [0.2, 0.25) is 0 Å². The first-order valence-corrected chi connectivity index (χ1v) is 8.53. The number of benzene rings is 1. The summed E-state index contributed by atoms with van der Waals surface area (Å²) >= 11 is 0. The van der Waals surface area contributed by atoms with Crippen molar-refractivity contribution in [1.82, 2.24) is 15.5 Å². The zero-order chi connectivity index (χ0) is 17.6. The van der Waals surface area contributed by atoms with E-state index in [1.54, 1.807) is 0 Å². The zero-order valence-corrected chi connectivity index (χ0v) is 14.7. The van der Waals surface area contributed by atoms with Crippen LogP contribution in [-0.4, -0.2) is 43.8 Å². The van der Waals surface area contributed by atoms with Crippen LogP contribution in [0, 0.1) is 0 Å². The van der Waals surface area contributed by atoms with E-state index in [2.05, 4.69) is 53.4 Å². The molecule has 1 aromatic rings. The molecule has 25 heavy (non-hydrogen) atoms. The smallest absolute Gasteiger partial charge is 0.140 e. The van der Waals surface area contributed by atoms with E-state index < -0.39 is 0 Å². The van der Waals surface area contributed by atoms with E-state index in [0.29, 0.717) is 0 Å². The van der Waals surface area contributed by atoms with Crippen LogP contribution < -0.4 is 16.0 Å². The Kier molecular flexibility index (Phi) is 5.36. The molecule has 0 radical (unpaired) electrons. The number of aliphatic imine (C=N–C) groups is 1. The van der Waals surface area contributed by atoms with Gasteiger partial charge in [-0.25, -0.2) is 4.99 Å². The Labute approximate surface area is 149 Å². The molecule has 2 heterocycles. The molecule has 1 aromatic carbocycles. The second-order valence-corrected chi connectivity index (χ2v) is 6.03. The Morgan fingerprint density at radius 3 is 2.76 bits per heavy atom. The first-order valence-electron chi connectivity index (χ1n) is 8.53. The number of nitrogens with zero attached hydrogens (tertiary/aromatic N) is 2. The van der Waals surface area contributed by atoms with E-state index in [4.69, 9.17) is 4.99 Å². The van der Waals surface area contributed by atoms with E-state index in [1.807, 2.05) is 30.3 Å². The van der Waals surface area contributed by atoms with Crippen LogP contribution >= 0.6 is 0 Å². The predicted molar refractivity (Wildman–Crippen MR) is 106 cm³/mol. The molecule has 0 atom stereocenters. The van der Waals surface area contributed by atoms with Crippen LogP contribution in [0.2, 0.25) is 0 Å². The lowest BCUT2D eigenvalue weighted by molar-refractivity contribution is 0.560. The van der Waals surface area contributed by atoms with Gasteiger partial charge in [0.05, 0.1) is 11.4 Å². The number of hydrogen-bond donors (Lipinski definition) is 3. The van der Waals surface area contributed by atoms with Gasteiger partial charge < -0.3 is 20.9 Å². The maximum Gasteiger partial charge on any atom is 0.140 e. The van der Waals surface area contributed by atoms with E-state index in [1.165, 1.54) is 0 Å². The van der Waals surface area contributed by atoms with Crippen LogP contribution in [-0.2, 0) is 0 Å². The minimum absolute atomic E-state index is 0.808. The molecule has 0 aromatic heterocycles. The van der Waals surface area contributed by atoms with Crippen molar-refractivity contribution in [3.8, 4) is 0 Å². The normalized spacial score (nSPS) is 21.4. The van der Waals surface area contributed by atoms with Crippen molar-refractivity contribution in [3.05, 3.63) is 72.9 Å². The van der Waals surface area contributed by atoms with Crippen molar-refractivity contribution in [3.63, 3.8) is 0 Å². The highest BCUT2D eigenvalue weighted by molar-refractivity contribution is 6.09. The lowest BCUT2D eigenvalue weighted by Crippen LogP contribution is -2.32. The van der Waals surface area contributed by atoms with Gasteiger partial charge in [0.15, 0.2) is 0 Å². The number of fused-ring (bicyclic) bond motifs is 3. The van der Waals surface area contributed by atoms with Crippen LogP contribution in [0.4, 0.5) is 5.69 Å². The van der Waals surface area contributed by atoms with Crippen LogP contribution in [0.3, 0.4) is 0 Å². The molecule has 3 rings (SSSR count). The van der Waals surface area contributed by atoms with Crippen molar-refractivity contribution in [2.45, 2.75) is 0 Å². The van der Waals surface area contributed by atoms with Gasteiger partial charge in [0.1, 0.15) is 5.82 Å². The van der Waals surface area contributed by atoms with Crippen LogP contribution in [0.25, 0.3) is 5.57 Å². The van der Waals surface area contributed by atoms with Gasteiger partial charge in [-0.1, -0.05) is 31.4 Å². The summed E-state index contributed by atoms with van der Waals surface area (Å²) in [5.41, 5.74) is 4.84. The average Bonchev–Trinajstić information content (AvgIpc) is 2.63. The van der Waals surface area contributed by atoms with Gasteiger partial charge in [0.25, 0.3) is 0 Å². The summed E-state index contributed by atoms with van der Waals surface area (Å²) in [5.74, 6) is 0.862. The molecule has 2 aliphatic rings. The number of allylic oxidation sites excluding steroid dienone is 3. The van der Waals surface area contributed by atoms with Crippen LogP contribution in [0.5, 0.6) is 0 Å². The quantitative estimate of drug-likeness (QED) is 0.738. The number of rotatable bonds is 1.